The maximum atomic E-state index is 13.8. The summed E-state index contributed by atoms with van der Waals surface area (Å²) in [7, 11) is 1.20. The maximum Gasteiger partial charge on any atom is 0.362 e. The van der Waals surface area contributed by atoms with Crippen LogP contribution in [0.15, 0.2) is 34.2 Å². The first-order valence-corrected chi connectivity index (χ1v) is 13.7. The Hall–Kier alpha value is -2.74. The summed E-state index contributed by atoms with van der Waals surface area (Å²) in [6.45, 7) is 0. The van der Waals surface area contributed by atoms with Crippen LogP contribution in [0.3, 0.4) is 0 Å². The number of hydrogen-bond donors (Lipinski definition) is 1. The van der Waals surface area contributed by atoms with Crippen molar-refractivity contribution in [2.24, 2.45) is 17.0 Å². The summed E-state index contributed by atoms with van der Waals surface area (Å²) in [5.41, 5.74) is 0.363. The zero-order valence-corrected chi connectivity index (χ0v) is 21.0. The lowest BCUT2D eigenvalue weighted by atomic mass is 9.68. The molecule has 2 aliphatic carbocycles. The number of ether oxygens (including phenoxy) is 1. The molecular formula is C28H36N4O4. The number of carbonyl (C=O) groups is 1. The summed E-state index contributed by atoms with van der Waals surface area (Å²) in [4.78, 5) is 33.4. The summed E-state index contributed by atoms with van der Waals surface area (Å²) >= 11 is 0. The standard InChI is InChI=1S/C28H36N4O4/c1-36-28(34)26(30-35)25-27(33)32(24-11-3-2-10-23(24)29-25)22-15-19-8-5-9-20(16-22)31(19)21-13-17-6-4-7-18(12-17)14-21/h2-3,10-11,17-22,35H,4-9,12-16H2,1H3/t17?,18?,19-,20?,21?,22+/m1/s1. The fraction of sp³-hybridized carbons (Fsp3) is 0.643. The Morgan fingerprint density at radius 2 is 1.61 bits per heavy atom. The summed E-state index contributed by atoms with van der Waals surface area (Å²) in [5.74, 6) is 0.910. The van der Waals surface area contributed by atoms with Gasteiger partial charge in [-0.15, -0.1) is 0 Å². The maximum absolute atomic E-state index is 13.8. The Labute approximate surface area is 211 Å². The quantitative estimate of drug-likeness (QED) is 0.296. The largest absolute Gasteiger partial charge is 0.464 e. The third-order valence-corrected chi connectivity index (χ3v) is 9.39. The van der Waals surface area contributed by atoms with Crippen molar-refractivity contribution in [2.75, 3.05) is 7.11 Å². The molecule has 2 saturated carbocycles. The zero-order chi connectivity index (χ0) is 24.8. The van der Waals surface area contributed by atoms with E-state index in [1.165, 1.54) is 64.9 Å². The van der Waals surface area contributed by atoms with Gasteiger partial charge in [0, 0.05) is 24.2 Å². The van der Waals surface area contributed by atoms with Crippen molar-refractivity contribution in [2.45, 2.75) is 94.8 Å². The monoisotopic (exact) mass is 492 g/mol. The molecular weight excluding hydrogens is 456 g/mol. The molecule has 2 aromatic rings. The second-order valence-electron chi connectivity index (χ2n) is 11.4. The molecule has 3 unspecified atom stereocenters. The van der Waals surface area contributed by atoms with E-state index in [2.05, 4.69) is 15.0 Å². The van der Waals surface area contributed by atoms with Crippen LogP contribution < -0.4 is 5.56 Å². The molecule has 8 heteroatoms. The van der Waals surface area contributed by atoms with E-state index in [4.69, 9.17) is 4.74 Å². The minimum atomic E-state index is -0.876. The van der Waals surface area contributed by atoms with E-state index in [9.17, 15) is 14.8 Å². The second-order valence-corrected chi connectivity index (χ2v) is 11.4. The fourth-order valence-corrected chi connectivity index (χ4v) is 8.09. The van der Waals surface area contributed by atoms with E-state index in [1.54, 1.807) is 0 Å². The predicted octanol–water partition coefficient (Wildman–Crippen LogP) is 4.27. The second kappa shape index (κ2) is 9.61. The number of rotatable bonds is 4. The number of hydrogen-bond acceptors (Lipinski definition) is 7. The third-order valence-electron chi connectivity index (χ3n) is 9.39. The Morgan fingerprint density at radius 1 is 0.944 bits per heavy atom. The lowest BCUT2D eigenvalue weighted by Gasteiger charge is -2.55. The molecule has 0 spiro atoms. The van der Waals surface area contributed by atoms with E-state index in [0.29, 0.717) is 23.6 Å². The smallest absolute Gasteiger partial charge is 0.362 e. The van der Waals surface area contributed by atoms with Crippen molar-refractivity contribution >= 4 is 22.7 Å². The lowest BCUT2D eigenvalue weighted by Crippen LogP contribution is -2.58. The molecule has 2 aliphatic heterocycles. The minimum absolute atomic E-state index is 0.0105. The molecule has 6 rings (SSSR count). The summed E-state index contributed by atoms with van der Waals surface area (Å²) < 4.78 is 6.58. The molecule has 5 atom stereocenters. The van der Waals surface area contributed by atoms with Crippen molar-refractivity contribution < 1.29 is 14.7 Å². The molecule has 2 saturated heterocycles. The topological polar surface area (TPSA) is 97.0 Å². The SMILES string of the molecule is COC(=O)C(=NO)c1nc2ccccc2n([C@@H]2CC3CCC[C@H](C2)N3C2CC3CCCC(C3)C2)c1=O. The number of esters is 1. The number of para-hydroxylation sites is 2. The van der Waals surface area contributed by atoms with Gasteiger partial charge in [0.15, 0.2) is 5.69 Å². The number of aromatic nitrogens is 2. The van der Waals surface area contributed by atoms with Gasteiger partial charge in [-0.05, 0) is 68.9 Å². The first-order valence-electron chi connectivity index (χ1n) is 13.7. The van der Waals surface area contributed by atoms with Gasteiger partial charge in [0.2, 0.25) is 5.71 Å². The highest BCUT2D eigenvalue weighted by molar-refractivity contribution is 6.42. The van der Waals surface area contributed by atoms with Crippen molar-refractivity contribution in [3.8, 4) is 0 Å². The number of oxime groups is 1. The van der Waals surface area contributed by atoms with Crippen molar-refractivity contribution in [3.63, 3.8) is 0 Å². The van der Waals surface area contributed by atoms with E-state index in [1.807, 2.05) is 28.8 Å². The highest BCUT2D eigenvalue weighted by Crippen LogP contribution is 2.47. The van der Waals surface area contributed by atoms with Gasteiger partial charge in [0.1, 0.15) is 0 Å². The van der Waals surface area contributed by atoms with Crippen molar-refractivity contribution in [1.29, 1.82) is 0 Å². The van der Waals surface area contributed by atoms with E-state index in [-0.39, 0.29) is 11.7 Å². The Morgan fingerprint density at radius 3 is 2.28 bits per heavy atom. The molecule has 1 N–H and O–H groups in total. The van der Waals surface area contributed by atoms with Crippen LogP contribution in [0.5, 0.6) is 0 Å². The van der Waals surface area contributed by atoms with Crippen LogP contribution in [0.4, 0.5) is 0 Å². The van der Waals surface area contributed by atoms with Gasteiger partial charge < -0.3 is 14.5 Å². The van der Waals surface area contributed by atoms with Crippen LogP contribution in [-0.4, -0.2) is 56.6 Å². The van der Waals surface area contributed by atoms with Crippen LogP contribution >= 0.6 is 0 Å². The van der Waals surface area contributed by atoms with Crippen LogP contribution in [0.25, 0.3) is 11.0 Å². The molecule has 4 aliphatic rings. The van der Waals surface area contributed by atoms with Crippen LogP contribution in [0.2, 0.25) is 0 Å². The van der Waals surface area contributed by atoms with Crippen LogP contribution in [0, 0.1) is 11.8 Å². The van der Waals surface area contributed by atoms with Gasteiger partial charge in [0.05, 0.1) is 18.1 Å². The molecule has 4 bridgehead atoms. The van der Waals surface area contributed by atoms with Crippen LogP contribution in [0.1, 0.15) is 82.4 Å². The first-order chi connectivity index (χ1) is 17.6. The molecule has 0 radical (unpaired) electrons. The van der Waals surface area contributed by atoms with Crippen molar-refractivity contribution in [3.05, 3.63) is 40.3 Å². The molecule has 4 fully saturated rings. The van der Waals surface area contributed by atoms with Gasteiger partial charge >= 0.3 is 5.97 Å². The van der Waals surface area contributed by atoms with E-state index >= 15 is 0 Å². The van der Waals surface area contributed by atoms with Gasteiger partial charge in [-0.25, -0.2) is 9.78 Å². The van der Waals surface area contributed by atoms with Gasteiger partial charge in [-0.3, -0.25) is 9.69 Å². The molecule has 1 aromatic carbocycles. The van der Waals surface area contributed by atoms with Gasteiger partial charge in [0.25, 0.3) is 5.56 Å². The van der Waals surface area contributed by atoms with Crippen LogP contribution in [-0.2, 0) is 9.53 Å². The van der Waals surface area contributed by atoms with Gasteiger partial charge in [-0.1, -0.05) is 43.0 Å². The average Bonchev–Trinajstić information content (AvgIpc) is 2.88. The Kier molecular flexibility index (Phi) is 6.32. The molecule has 192 valence electrons. The minimum Gasteiger partial charge on any atom is -0.464 e. The number of fused-ring (bicyclic) bond motifs is 5. The molecule has 8 nitrogen and oxygen atoms in total. The number of nitrogens with zero attached hydrogens (tertiary/aromatic N) is 4. The average molecular weight is 493 g/mol. The molecule has 3 heterocycles. The molecule has 36 heavy (non-hydrogen) atoms. The zero-order valence-electron chi connectivity index (χ0n) is 21.0. The molecule has 0 amide bonds. The normalized spacial score (nSPS) is 32.9. The highest BCUT2D eigenvalue weighted by atomic mass is 16.5. The third kappa shape index (κ3) is 4.03. The summed E-state index contributed by atoms with van der Waals surface area (Å²) in [6, 6.07) is 9.16. The number of piperidine rings is 2. The molecule has 1 aromatic heterocycles. The number of carbonyl (C=O) groups excluding carboxylic acids is 1. The number of benzene rings is 1. The Balaban J connectivity index is 1.37. The summed E-state index contributed by atoms with van der Waals surface area (Å²) in [6.07, 6.45) is 13.7. The number of methoxy groups -OCH3 is 1. The van der Waals surface area contributed by atoms with Crippen molar-refractivity contribution in [1.82, 2.24) is 14.5 Å². The predicted molar refractivity (Wildman–Crippen MR) is 136 cm³/mol. The summed E-state index contributed by atoms with van der Waals surface area (Å²) in [5, 5.41) is 12.6. The van der Waals surface area contributed by atoms with Gasteiger partial charge in [-0.2, -0.15) is 0 Å². The van der Waals surface area contributed by atoms with E-state index < -0.39 is 17.2 Å². The lowest BCUT2D eigenvalue weighted by molar-refractivity contribution is -0.132. The first kappa shape index (κ1) is 23.6. The fourth-order valence-electron chi connectivity index (χ4n) is 8.09. The Bertz CT molecular complexity index is 1210. The highest BCUT2D eigenvalue weighted by Gasteiger charge is 2.45. The van der Waals surface area contributed by atoms with E-state index in [0.717, 1.165) is 30.2 Å².